The highest BCUT2D eigenvalue weighted by Gasteiger charge is 2.57. The molecule has 1 saturated carbocycles. The number of hydrogen-bond donors (Lipinski definition) is 3. The molecule has 2 unspecified atom stereocenters. The Bertz CT molecular complexity index is 492. The van der Waals surface area contributed by atoms with Crippen LogP contribution in [0.5, 0.6) is 0 Å². The Hall–Kier alpha value is -1.79. The van der Waals surface area contributed by atoms with Gasteiger partial charge in [0.25, 0.3) is 0 Å². The molecule has 7 heteroatoms. The van der Waals surface area contributed by atoms with Gasteiger partial charge in [-0.3, -0.25) is 9.51 Å². The largest absolute Gasteiger partial charge is 0.465 e. The molecule has 0 aliphatic heterocycles. The molecule has 0 saturated heterocycles. The molecule has 1 aliphatic rings. The van der Waals surface area contributed by atoms with Crippen LogP contribution in [0.15, 0.2) is 9.32 Å². The molecule has 0 bridgehead atoms. The van der Waals surface area contributed by atoms with Crippen molar-refractivity contribution < 1.29 is 14.4 Å². The first-order chi connectivity index (χ1) is 8.44. The van der Waals surface area contributed by atoms with E-state index < -0.39 is 17.3 Å². The second-order valence-electron chi connectivity index (χ2n) is 5.29. The van der Waals surface area contributed by atoms with Crippen molar-refractivity contribution in [2.24, 2.45) is 11.8 Å². The lowest BCUT2D eigenvalue weighted by atomic mass is 9.97. The Morgan fingerprint density at radius 2 is 2.44 bits per heavy atom. The Labute approximate surface area is 104 Å². The highest BCUT2D eigenvalue weighted by Crippen LogP contribution is 2.55. The summed E-state index contributed by atoms with van der Waals surface area (Å²) in [6.07, 6.45) is 0.708. The molecule has 3 N–H and O–H groups in total. The smallest absolute Gasteiger partial charge is 0.438 e. The van der Waals surface area contributed by atoms with E-state index >= 15 is 0 Å². The van der Waals surface area contributed by atoms with Crippen LogP contribution in [0, 0.1) is 11.8 Å². The number of hydrogen-bond acceptors (Lipinski definition) is 4. The normalized spacial score (nSPS) is 26.3. The number of nitrogens with zero attached hydrogens (tertiary/aromatic N) is 1. The zero-order chi connectivity index (χ0) is 13.3. The molecule has 0 aromatic carbocycles. The third-order valence-electron chi connectivity index (χ3n) is 3.45. The second-order valence-corrected chi connectivity index (χ2v) is 5.29. The van der Waals surface area contributed by atoms with Crippen molar-refractivity contribution in [2.45, 2.75) is 32.1 Å². The van der Waals surface area contributed by atoms with Gasteiger partial charge in [0.15, 0.2) is 5.82 Å². The van der Waals surface area contributed by atoms with Gasteiger partial charge in [0.05, 0.1) is 5.41 Å². The second kappa shape index (κ2) is 4.47. The van der Waals surface area contributed by atoms with E-state index in [9.17, 15) is 9.59 Å². The van der Waals surface area contributed by atoms with Crippen molar-refractivity contribution in [2.75, 3.05) is 6.54 Å². The molecule has 1 heterocycles. The van der Waals surface area contributed by atoms with Crippen molar-refractivity contribution in [1.82, 2.24) is 15.5 Å². The van der Waals surface area contributed by atoms with Gasteiger partial charge in [0.2, 0.25) is 0 Å². The van der Waals surface area contributed by atoms with Crippen LogP contribution in [0.4, 0.5) is 4.79 Å². The summed E-state index contributed by atoms with van der Waals surface area (Å²) in [5, 5.41) is 14.8. The van der Waals surface area contributed by atoms with Crippen LogP contribution in [0.1, 0.15) is 32.5 Å². The van der Waals surface area contributed by atoms with Gasteiger partial charge >= 0.3 is 11.8 Å². The van der Waals surface area contributed by atoms with E-state index in [2.05, 4.69) is 33.8 Å². The molecule has 1 aliphatic carbocycles. The van der Waals surface area contributed by atoms with Crippen LogP contribution < -0.4 is 11.1 Å². The van der Waals surface area contributed by atoms with E-state index in [0.29, 0.717) is 17.7 Å². The lowest BCUT2D eigenvalue weighted by molar-refractivity contribution is 0.192. The zero-order valence-corrected chi connectivity index (χ0v) is 10.4. The van der Waals surface area contributed by atoms with Crippen molar-refractivity contribution in [1.29, 1.82) is 0 Å². The van der Waals surface area contributed by atoms with Crippen LogP contribution >= 0.6 is 0 Å². The Morgan fingerprint density at radius 1 is 1.72 bits per heavy atom. The quantitative estimate of drug-likeness (QED) is 0.725. The van der Waals surface area contributed by atoms with Crippen molar-refractivity contribution in [3.63, 3.8) is 0 Å². The third-order valence-corrected chi connectivity index (χ3v) is 3.45. The highest BCUT2D eigenvalue weighted by molar-refractivity contribution is 5.64. The monoisotopic (exact) mass is 255 g/mol. The predicted octanol–water partition coefficient (Wildman–Crippen LogP) is 0.934. The molecule has 0 radical (unpaired) electrons. The molecule has 7 nitrogen and oxygen atoms in total. The Morgan fingerprint density at radius 3 is 2.94 bits per heavy atom. The molecular formula is C11H17N3O4. The third kappa shape index (κ3) is 2.39. The molecule has 1 aromatic rings. The van der Waals surface area contributed by atoms with Crippen LogP contribution in [-0.2, 0) is 5.41 Å². The van der Waals surface area contributed by atoms with Gasteiger partial charge < -0.3 is 10.4 Å². The van der Waals surface area contributed by atoms with E-state index in [0.717, 1.165) is 12.8 Å². The van der Waals surface area contributed by atoms with E-state index in [1.54, 1.807) is 0 Å². The van der Waals surface area contributed by atoms with E-state index in [1.165, 1.54) is 0 Å². The minimum absolute atomic E-state index is 0.252. The Balaban J connectivity index is 2.15. The number of carbonyl (C=O) groups is 1. The maximum atomic E-state index is 11.0. The number of nitrogens with one attached hydrogen (secondary N) is 2. The predicted molar refractivity (Wildman–Crippen MR) is 62.4 cm³/mol. The first-order valence-electron chi connectivity index (χ1n) is 5.97. The summed E-state index contributed by atoms with van der Waals surface area (Å²) in [5.74, 6) is 0.687. The number of aromatic amines is 1. The maximum Gasteiger partial charge on any atom is 0.438 e. The van der Waals surface area contributed by atoms with E-state index in [1.807, 2.05) is 0 Å². The number of H-pyrrole nitrogens is 1. The van der Waals surface area contributed by atoms with Crippen LogP contribution in [0.25, 0.3) is 0 Å². The van der Waals surface area contributed by atoms with Gasteiger partial charge in [-0.15, -0.1) is 0 Å². The van der Waals surface area contributed by atoms with Crippen LogP contribution in [-0.4, -0.2) is 27.9 Å². The fourth-order valence-corrected chi connectivity index (χ4v) is 2.53. The number of aromatic nitrogens is 2. The molecule has 0 spiro atoms. The molecule has 18 heavy (non-hydrogen) atoms. The summed E-state index contributed by atoms with van der Waals surface area (Å²) in [5.41, 5.74) is -0.408. The van der Waals surface area contributed by atoms with E-state index in [-0.39, 0.29) is 6.54 Å². The van der Waals surface area contributed by atoms with Gasteiger partial charge in [0, 0.05) is 6.54 Å². The van der Waals surface area contributed by atoms with Gasteiger partial charge in [-0.25, -0.2) is 9.59 Å². The summed E-state index contributed by atoms with van der Waals surface area (Å²) in [6.45, 7) is 4.47. The summed E-state index contributed by atoms with van der Waals surface area (Å²) < 4.78 is 4.51. The van der Waals surface area contributed by atoms with Gasteiger partial charge in [-0.2, -0.15) is 0 Å². The average molecular weight is 255 g/mol. The molecule has 2 rings (SSSR count). The van der Waals surface area contributed by atoms with Gasteiger partial charge in [0.1, 0.15) is 0 Å². The Kier molecular flexibility index (Phi) is 3.14. The number of carboxylic acid groups (broad SMARTS) is 1. The molecule has 1 fully saturated rings. The van der Waals surface area contributed by atoms with Crippen LogP contribution in [0.3, 0.4) is 0 Å². The minimum atomic E-state index is -1.07. The van der Waals surface area contributed by atoms with Gasteiger partial charge in [-0.1, -0.05) is 19.0 Å². The van der Waals surface area contributed by atoms with Gasteiger partial charge in [-0.05, 0) is 24.7 Å². The number of amides is 1. The SMILES string of the molecule is CC(C)CC1CC1(CNC(=O)O)c1noc(=O)[nH]1. The minimum Gasteiger partial charge on any atom is -0.465 e. The van der Waals surface area contributed by atoms with Crippen molar-refractivity contribution in [3.05, 3.63) is 16.4 Å². The molecular weight excluding hydrogens is 238 g/mol. The number of rotatable bonds is 5. The lowest BCUT2D eigenvalue weighted by Crippen LogP contribution is -2.33. The summed E-state index contributed by atoms with van der Waals surface area (Å²) in [4.78, 5) is 24.2. The molecule has 1 amide bonds. The average Bonchev–Trinajstić information content (AvgIpc) is 2.76. The maximum absolute atomic E-state index is 11.0. The first kappa shape index (κ1) is 12.7. The molecule has 2 atom stereocenters. The standard InChI is InChI=1S/C11H17N3O4/c1-6(2)3-7-4-11(7,5-12-9(15)16)8-13-10(17)18-14-8/h6-7,12H,3-5H2,1-2H3,(H,15,16)(H,13,14,17). The van der Waals surface area contributed by atoms with Crippen LogP contribution in [0.2, 0.25) is 0 Å². The lowest BCUT2D eigenvalue weighted by Gasteiger charge is -2.14. The topological polar surface area (TPSA) is 108 Å². The fourth-order valence-electron chi connectivity index (χ4n) is 2.53. The summed E-state index contributed by atoms with van der Waals surface area (Å²) >= 11 is 0. The van der Waals surface area contributed by atoms with Crippen molar-refractivity contribution >= 4 is 6.09 Å². The zero-order valence-electron chi connectivity index (χ0n) is 10.4. The highest BCUT2D eigenvalue weighted by atomic mass is 16.5. The molecule has 1 aromatic heterocycles. The fraction of sp³-hybridized carbons (Fsp3) is 0.727. The first-order valence-corrected chi connectivity index (χ1v) is 5.97. The molecule has 100 valence electrons. The van der Waals surface area contributed by atoms with E-state index in [4.69, 9.17) is 5.11 Å². The summed E-state index contributed by atoms with van der Waals surface area (Å²) in [7, 11) is 0. The van der Waals surface area contributed by atoms with Crippen molar-refractivity contribution in [3.8, 4) is 0 Å². The summed E-state index contributed by atoms with van der Waals surface area (Å²) in [6, 6.07) is 0.